The maximum absolute atomic E-state index is 13.3. The summed E-state index contributed by atoms with van der Waals surface area (Å²) in [4.78, 5) is 12.7. The number of benzene rings is 2. The summed E-state index contributed by atoms with van der Waals surface area (Å²) in [5.41, 5.74) is 0. The second-order valence-electron chi connectivity index (χ2n) is 6.49. The molecule has 2 amide bonds. The fourth-order valence-corrected chi connectivity index (χ4v) is 6.15. The van der Waals surface area contributed by atoms with Gasteiger partial charge in [-0.05, 0) is 48.5 Å². The minimum absolute atomic E-state index is 0.257. The second kappa shape index (κ2) is 8.94. The molecule has 3 rings (SSSR count). The lowest BCUT2D eigenvalue weighted by Crippen LogP contribution is -2.43. The maximum atomic E-state index is 13.3. The molecular weight excluding hydrogens is 464 g/mol. The molecule has 2 aromatic carbocycles. The fourth-order valence-electron chi connectivity index (χ4n) is 3.17. The first-order valence-electron chi connectivity index (χ1n) is 9.10. The van der Waals surface area contributed by atoms with Crippen molar-refractivity contribution in [1.29, 1.82) is 0 Å². The molecule has 0 N–H and O–H groups in total. The van der Waals surface area contributed by atoms with E-state index in [-0.39, 0.29) is 9.79 Å². The largest absolute Gasteiger partial charge is 0.497 e. The van der Waals surface area contributed by atoms with Crippen LogP contribution in [0.1, 0.15) is 0 Å². The van der Waals surface area contributed by atoms with E-state index in [0.717, 1.165) is 14.2 Å². The van der Waals surface area contributed by atoms with E-state index in [2.05, 4.69) is 0 Å². The number of sulfonamides is 2. The molecule has 0 unspecified atom stereocenters. The molecule has 174 valence electrons. The van der Waals surface area contributed by atoms with Crippen LogP contribution in [0.2, 0.25) is 0 Å². The van der Waals surface area contributed by atoms with Gasteiger partial charge in [0.2, 0.25) is 0 Å². The Morgan fingerprint density at radius 3 is 1.19 bits per heavy atom. The Bertz CT molecular complexity index is 1090. The number of rotatable bonds is 8. The third-order valence-electron chi connectivity index (χ3n) is 4.80. The van der Waals surface area contributed by atoms with Crippen LogP contribution in [-0.2, 0) is 29.5 Å². The predicted octanol–water partition coefficient (Wildman–Crippen LogP) is 1.46. The van der Waals surface area contributed by atoms with Crippen LogP contribution in [0.5, 0.6) is 11.5 Å². The number of ether oxygens (including phenoxy) is 4. The molecule has 0 aromatic heterocycles. The molecule has 2 atom stereocenters. The zero-order chi connectivity index (χ0) is 23.7. The van der Waals surface area contributed by atoms with Gasteiger partial charge in [0.15, 0.2) is 12.5 Å². The van der Waals surface area contributed by atoms with Crippen molar-refractivity contribution in [3.8, 4) is 11.5 Å². The van der Waals surface area contributed by atoms with Crippen LogP contribution in [0, 0.1) is 0 Å². The molecule has 1 saturated heterocycles. The van der Waals surface area contributed by atoms with Gasteiger partial charge in [0.05, 0.1) is 24.0 Å². The minimum Gasteiger partial charge on any atom is -0.497 e. The average Bonchev–Trinajstić information content (AvgIpc) is 3.11. The molecule has 0 bridgehead atoms. The lowest BCUT2D eigenvalue weighted by molar-refractivity contribution is -0.0767. The Morgan fingerprint density at radius 2 is 0.938 bits per heavy atom. The first kappa shape index (κ1) is 23.8. The number of carbonyl (C=O) groups excluding carboxylic acids is 1. The van der Waals surface area contributed by atoms with Crippen molar-refractivity contribution in [2.45, 2.75) is 22.2 Å². The van der Waals surface area contributed by atoms with Gasteiger partial charge < -0.3 is 18.9 Å². The second-order valence-corrected chi connectivity index (χ2v) is 10.1. The molecule has 1 fully saturated rings. The molecule has 0 saturated carbocycles. The van der Waals surface area contributed by atoms with E-state index in [1.807, 2.05) is 0 Å². The highest BCUT2D eigenvalue weighted by atomic mass is 32.2. The van der Waals surface area contributed by atoms with Crippen molar-refractivity contribution in [1.82, 2.24) is 8.61 Å². The van der Waals surface area contributed by atoms with Crippen LogP contribution in [0.25, 0.3) is 0 Å². The highest BCUT2D eigenvalue weighted by molar-refractivity contribution is 7.91. The number of hydrogen-bond donors (Lipinski definition) is 0. The first-order valence-corrected chi connectivity index (χ1v) is 12.0. The van der Waals surface area contributed by atoms with Crippen molar-refractivity contribution in [2.24, 2.45) is 0 Å². The van der Waals surface area contributed by atoms with Crippen molar-refractivity contribution < 1.29 is 40.6 Å². The predicted molar refractivity (Wildman–Crippen MR) is 111 cm³/mol. The lowest BCUT2D eigenvalue weighted by atomic mass is 10.3. The van der Waals surface area contributed by atoms with Crippen molar-refractivity contribution in [3.63, 3.8) is 0 Å². The molecule has 13 heteroatoms. The third-order valence-corrected chi connectivity index (χ3v) is 8.30. The van der Waals surface area contributed by atoms with E-state index in [9.17, 15) is 21.6 Å². The van der Waals surface area contributed by atoms with E-state index in [1.165, 1.54) is 62.8 Å². The van der Waals surface area contributed by atoms with E-state index >= 15 is 0 Å². The standard InChI is InChI=1S/C19H22N2O9S2/c1-27-13-5-9-15(10-6-13)31(23,24)20-17(29-3)18(30-4)21(19(20)22)32(25,26)16-11-7-14(28-2)8-12-16/h5-12,17-18H,1-4H3/t17-,18-/m1/s1. The summed E-state index contributed by atoms with van der Waals surface area (Å²) in [7, 11) is -3.89. The molecule has 11 nitrogen and oxygen atoms in total. The Kier molecular flexibility index (Phi) is 6.64. The fraction of sp³-hybridized carbons (Fsp3) is 0.316. The van der Waals surface area contributed by atoms with Crippen LogP contribution in [-0.4, -0.2) is 72.4 Å². The number of methoxy groups -OCH3 is 4. The molecular formula is C19H22N2O9S2. The van der Waals surface area contributed by atoms with Gasteiger partial charge in [0, 0.05) is 14.2 Å². The van der Waals surface area contributed by atoms with Crippen molar-refractivity contribution in [2.75, 3.05) is 28.4 Å². The van der Waals surface area contributed by atoms with Crippen LogP contribution in [0.3, 0.4) is 0 Å². The molecule has 1 heterocycles. The quantitative estimate of drug-likeness (QED) is 0.544. The summed E-state index contributed by atoms with van der Waals surface area (Å²) < 4.78 is 74.2. The molecule has 2 aromatic rings. The summed E-state index contributed by atoms with van der Waals surface area (Å²) in [6.45, 7) is 0. The van der Waals surface area contributed by atoms with Gasteiger partial charge in [0.25, 0.3) is 20.0 Å². The lowest BCUT2D eigenvalue weighted by Gasteiger charge is -2.24. The van der Waals surface area contributed by atoms with Crippen molar-refractivity contribution in [3.05, 3.63) is 48.5 Å². The molecule has 1 aliphatic rings. The van der Waals surface area contributed by atoms with Crippen LogP contribution >= 0.6 is 0 Å². The van der Waals surface area contributed by atoms with Gasteiger partial charge in [-0.3, -0.25) is 0 Å². The van der Waals surface area contributed by atoms with E-state index < -0.39 is 38.5 Å². The molecule has 0 aliphatic carbocycles. The summed E-state index contributed by atoms with van der Waals surface area (Å²) in [6, 6.07) is 9.18. The van der Waals surface area contributed by atoms with E-state index in [1.54, 1.807) is 0 Å². The van der Waals surface area contributed by atoms with Gasteiger partial charge >= 0.3 is 6.03 Å². The minimum atomic E-state index is -4.51. The van der Waals surface area contributed by atoms with Gasteiger partial charge in [-0.2, -0.15) is 8.61 Å². The monoisotopic (exact) mass is 486 g/mol. The Morgan fingerprint density at radius 1 is 0.625 bits per heavy atom. The number of urea groups is 1. The first-order chi connectivity index (χ1) is 15.1. The number of nitrogens with zero attached hydrogens (tertiary/aromatic N) is 2. The van der Waals surface area contributed by atoms with Gasteiger partial charge in [-0.25, -0.2) is 21.6 Å². The Labute approximate surface area is 186 Å². The van der Waals surface area contributed by atoms with Crippen LogP contribution in [0.4, 0.5) is 4.79 Å². The van der Waals surface area contributed by atoms with Gasteiger partial charge in [-0.1, -0.05) is 0 Å². The van der Waals surface area contributed by atoms with Crippen molar-refractivity contribution >= 4 is 26.1 Å². The summed E-state index contributed by atoms with van der Waals surface area (Å²) in [6.07, 6.45) is -3.12. The zero-order valence-electron chi connectivity index (χ0n) is 17.7. The molecule has 0 radical (unpaired) electrons. The zero-order valence-corrected chi connectivity index (χ0v) is 19.3. The number of carbonyl (C=O) groups is 1. The highest BCUT2D eigenvalue weighted by Gasteiger charge is 2.57. The summed E-state index contributed by atoms with van der Waals surface area (Å²) in [5, 5.41) is 0. The SMILES string of the molecule is COc1ccc(S(=O)(=O)N2C(=O)N(S(=O)(=O)c3ccc(OC)cc3)[C@H](OC)[C@H]2OC)cc1. The number of amides is 2. The van der Waals surface area contributed by atoms with E-state index in [4.69, 9.17) is 18.9 Å². The molecule has 0 spiro atoms. The normalized spacial score (nSPS) is 19.3. The molecule has 1 aliphatic heterocycles. The Hall–Kier alpha value is -2.87. The number of hydrogen-bond acceptors (Lipinski definition) is 9. The molecule has 32 heavy (non-hydrogen) atoms. The van der Waals surface area contributed by atoms with Crippen LogP contribution < -0.4 is 9.47 Å². The van der Waals surface area contributed by atoms with Gasteiger partial charge in [-0.15, -0.1) is 0 Å². The summed E-state index contributed by atoms with van der Waals surface area (Å²) in [5.74, 6) is 0.803. The topological polar surface area (TPSA) is 129 Å². The highest BCUT2D eigenvalue weighted by Crippen LogP contribution is 2.35. The maximum Gasteiger partial charge on any atom is 0.352 e. The smallest absolute Gasteiger partial charge is 0.352 e. The van der Waals surface area contributed by atoms with Crippen LogP contribution in [0.15, 0.2) is 58.3 Å². The average molecular weight is 487 g/mol. The van der Waals surface area contributed by atoms with E-state index in [0.29, 0.717) is 20.1 Å². The Balaban J connectivity index is 2.08. The summed E-state index contributed by atoms with van der Waals surface area (Å²) >= 11 is 0. The third kappa shape index (κ3) is 3.88. The van der Waals surface area contributed by atoms with Gasteiger partial charge in [0.1, 0.15) is 11.5 Å².